The number of nitrogens with one attached hydrogen (secondary N) is 2. The van der Waals surface area contributed by atoms with E-state index < -0.39 is 4.92 Å². The van der Waals surface area contributed by atoms with Gasteiger partial charge in [-0.05, 0) is 18.9 Å². The molecule has 0 unspecified atom stereocenters. The van der Waals surface area contributed by atoms with Crippen molar-refractivity contribution in [3.63, 3.8) is 0 Å². The SMILES string of the molecule is CCCc1cc(=O)[nH]c(SCC(=O)Nc2cc([N+](=O)[O-])ccc2C)n1. The third kappa shape index (κ3) is 5.42. The third-order valence-electron chi connectivity index (χ3n) is 3.33. The Labute approximate surface area is 148 Å². The topological polar surface area (TPSA) is 118 Å². The number of nitro groups is 1. The van der Waals surface area contributed by atoms with Crippen molar-refractivity contribution in [1.82, 2.24) is 9.97 Å². The molecule has 0 spiro atoms. The largest absolute Gasteiger partial charge is 0.325 e. The van der Waals surface area contributed by atoms with E-state index in [1.54, 1.807) is 13.0 Å². The van der Waals surface area contributed by atoms with Crippen LogP contribution in [0.25, 0.3) is 0 Å². The summed E-state index contributed by atoms with van der Waals surface area (Å²) in [5, 5.41) is 13.8. The van der Waals surface area contributed by atoms with Gasteiger partial charge in [0.15, 0.2) is 5.16 Å². The molecule has 0 bridgehead atoms. The number of anilines is 1. The fourth-order valence-electron chi connectivity index (χ4n) is 2.11. The van der Waals surface area contributed by atoms with E-state index in [9.17, 15) is 19.7 Å². The van der Waals surface area contributed by atoms with Crippen LogP contribution in [0.1, 0.15) is 24.6 Å². The Hall–Kier alpha value is -2.68. The molecule has 0 atom stereocenters. The molecular weight excluding hydrogens is 344 g/mol. The maximum atomic E-state index is 12.1. The van der Waals surface area contributed by atoms with Gasteiger partial charge in [0.1, 0.15) is 0 Å². The lowest BCUT2D eigenvalue weighted by Crippen LogP contribution is -2.16. The van der Waals surface area contributed by atoms with Crippen LogP contribution in [0.2, 0.25) is 0 Å². The Bertz CT molecular complexity index is 850. The first-order valence-corrected chi connectivity index (χ1v) is 8.65. The fourth-order valence-corrected chi connectivity index (χ4v) is 2.81. The number of aryl methyl sites for hydroxylation is 2. The molecule has 0 saturated heterocycles. The van der Waals surface area contributed by atoms with Gasteiger partial charge in [0, 0.05) is 23.9 Å². The highest BCUT2D eigenvalue weighted by Gasteiger charge is 2.12. The number of thioether (sulfide) groups is 1. The summed E-state index contributed by atoms with van der Waals surface area (Å²) in [6.45, 7) is 3.74. The molecule has 132 valence electrons. The Morgan fingerprint density at radius 1 is 1.40 bits per heavy atom. The second-order valence-corrected chi connectivity index (χ2v) is 6.35. The molecule has 25 heavy (non-hydrogen) atoms. The van der Waals surface area contributed by atoms with Gasteiger partial charge in [-0.1, -0.05) is 31.2 Å². The Morgan fingerprint density at radius 2 is 2.16 bits per heavy atom. The first-order valence-electron chi connectivity index (χ1n) is 7.67. The average molecular weight is 362 g/mol. The van der Waals surface area contributed by atoms with Crippen LogP contribution in [-0.2, 0) is 11.2 Å². The molecule has 2 N–H and O–H groups in total. The molecule has 2 rings (SSSR count). The van der Waals surface area contributed by atoms with Gasteiger partial charge in [-0.25, -0.2) is 4.98 Å². The highest BCUT2D eigenvalue weighted by atomic mass is 32.2. The number of aromatic nitrogens is 2. The molecular formula is C16H18N4O4S. The number of carbonyl (C=O) groups is 1. The molecule has 1 amide bonds. The lowest BCUT2D eigenvalue weighted by molar-refractivity contribution is -0.384. The first-order chi connectivity index (χ1) is 11.9. The van der Waals surface area contributed by atoms with Crippen LogP contribution in [0, 0.1) is 17.0 Å². The Balaban J connectivity index is 2.03. The van der Waals surface area contributed by atoms with E-state index in [1.807, 2.05) is 6.92 Å². The maximum Gasteiger partial charge on any atom is 0.271 e. The van der Waals surface area contributed by atoms with Crippen LogP contribution in [-0.4, -0.2) is 26.6 Å². The van der Waals surface area contributed by atoms with Crippen molar-refractivity contribution >= 4 is 29.0 Å². The standard InChI is InChI=1S/C16H18N4O4S/c1-3-4-11-7-14(21)19-16(17-11)25-9-15(22)18-13-8-12(20(23)24)6-5-10(13)2/h5-8H,3-4,9H2,1-2H3,(H,18,22)(H,17,19,21). The number of benzene rings is 1. The number of amides is 1. The average Bonchev–Trinajstić information content (AvgIpc) is 2.54. The van der Waals surface area contributed by atoms with Crippen molar-refractivity contribution in [3.8, 4) is 0 Å². The second kappa shape index (κ2) is 8.43. The predicted molar refractivity (Wildman–Crippen MR) is 96.0 cm³/mol. The van der Waals surface area contributed by atoms with Gasteiger partial charge in [-0.15, -0.1) is 0 Å². The third-order valence-corrected chi connectivity index (χ3v) is 4.20. The van der Waals surface area contributed by atoms with E-state index in [0.29, 0.717) is 23.0 Å². The molecule has 1 heterocycles. The number of hydrogen-bond donors (Lipinski definition) is 2. The fraction of sp³-hybridized carbons (Fsp3) is 0.312. The van der Waals surface area contributed by atoms with Crippen molar-refractivity contribution in [2.24, 2.45) is 0 Å². The highest BCUT2D eigenvalue weighted by Crippen LogP contribution is 2.22. The molecule has 1 aromatic heterocycles. The summed E-state index contributed by atoms with van der Waals surface area (Å²) in [7, 11) is 0. The summed E-state index contributed by atoms with van der Waals surface area (Å²) in [5.74, 6) is -0.308. The van der Waals surface area contributed by atoms with E-state index >= 15 is 0 Å². The van der Waals surface area contributed by atoms with Crippen molar-refractivity contribution in [2.45, 2.75) is 31.8 Å². The minimum atomic E-state index is -0.516. The zero-order valence-electron chi connectivity index (χ0n) is 13.9. The second-order valence-electron chi connectivity index (χ2n) is 5.39. The Kier molecular flexibility index (Phi) is 6.29. The van der Waals surface area contributed by atoms with E-state index in [2.05, 4.69) is 15.3 Å². The number of nitro benzene ring substituents is 1. The Morgan fingerprint density at radius 3 is 2.84 bits per heavy atom. The van der Waals surface area contributed by atoms with Gasteiger partial charge in [0.05, 0.1) is 16.4 Å². The van der Waals surface area contributed by atoms with Crippen LogP contribution in [0.5, 0.6) is 0 Å². The van der Waals surface area contributed by atoms with Gasteiger partial charge >= 0.3 is 0 Å². The quantitative estimate of drug-likeness (QED) is 0.338. The molecule has 0 aliphatic carbocycles. The van der Waals surface area contributed by atoms with Gasteiger partial charge < -0.3 is 10.3 Å². The number of carbonyl (C=O) groups excluding carboxylic acids is 1. The maximum absolute atomic E-state index is 12.1. The van der Waals surface area contributed by atoms with E-state index in [-0.39, 0.29) is 22.9 Å². The van der Waals surface area contributed by atoms with Crippen LogP contribution >= 0.6 is 11.8 Å². The summed E-state index contributed by atoms with van der Waals surface area (Å²) in [5.41, 5.74) is 1.45. The number of H-pyrrole nitrogens is 1. The number of aromatic amines is 1. The summed E-state index contributed by atoms with van der Waals surface area (Å²) >= 11 is 1.11. The van der Waals surface area contributed by atoms with Crippen molar-refractivity contribution in [1.29, 1.82) is 0 Å². The summed E-state index contributed by atoms with van der Waals surface area (Å²) < 4.78 is 0. The van der Waals surface area contributed by atoms with E-state index in [1.165, 1.54) is 18.2 Å². The molecule has 1 aromatic carbocycles. The number of non-ortho nitro benzene ring substituents is 1. The van der Waals surface area contributed by atoms with Crippen molar-refractivity contribution < 1.29 is 9.72 Å². The minimum Gasteiger partial charge on any atom is -0.325 e. The molecule has 0 radical (unpaired) electrons. The minimum absolute atomic E-state index is 0.0284. The molecule has 0 aliphatic heterocycles. The van der Waals surface area contributed by atoms with Crippen LogP contribution in [0.4, 0.5) is 11.4 Å². The van der Waals surface area contributed by atoms with Gasteiger partial charge in [-0.2, -0.15) is 0 Å². The normalized spacial score (nSPS) is 10.5. The van der Waals surface area contributed by atoms with Crippen molar-refractivity contribution in [3.05, 3.63) is 56.0 Å². The number of hydrogen-bond acceptors (Lipinski definition) is 6. The van der Waals surface area contributed by atoms with Crippen LogP contribution < -0.4 is 10.9 Å². The summed E-state index contributed by atoms with van der Waals surface area (Å²) in [6, 6.07) is 5.72. The van der Waals surface area contributed by atoms with E-state index in [4.69, 9.17) is 0 Å². The molecule has 0 fully saturated rings. The predicted octanol–water partition coefficient (Wildman–Crippen LogP) is 2.67. The lowest BCUT2D eigenvalue weighted by atomic mass is 10.2. The molecule has 2 aromatic rings. The van der Waals surface area contributed by atoms with Crippen LogP contribution in [0.15, 0.2) is 34.2 Å². The summed E-state index contributed by atoms with van der Waals surface area (Å²) in [4.78, 5) is 40.9. The summed E-state index contributed by atoms with van der Waals surface area (Å²) in [6.07, 6.45) is 1.56. The van der Waals surface area contributed by atoms with Gasteiger partial charge in [0.2, 0.25) is 5.91 Å². The monoisotopic (exact) mass is 362 g/mol. The molecule has 8 nitrogen and oxygen atoms in total. The number of nitrogens with zero attached hydrogens (tertiary/aromatic N) is 2. The smallest absolute Gasteiger partial charge is 0.271 e. The zero-order valence-corrected chi connectivity index (χ0v) is 14.7. The van der Waals surface area contributed by atoms with E-state index in [0.717, 1.165) is 23.7 Å². The molecule has 0 saturated carbocycles. The van der Waals surface area contributed by atoms with Crippen LogP contribution in [0.3, 0.4) is 0 Å². The van der Waals surface area contributed by atoms with Gasteiger partial charge in [-0.3, -0.25) is 19.7 Å². The zero-order chi connectivity index (χ0) is 18.4. The molecule has 0 aliphatic rings. The van der Waals surface area contributed by atoms with Gasteiger partial charge in [0.25, 0.3) is 11.2 Å². The highest BCUT2D eigenvalue weighted by molar-refractivity contribution is 7.99. The number of rotatable bonds is 7. The van der Waals surface area contributed by atoms with Crippen molar-refractivity contribution in [2.75, 3.05) is 11.1 Å². The lowest BCUT2D eigenvalue weighted by Gasteiger charge is -2.08. The first kappa shape index (κ1) is 18.7. The molecule has 9 heteroatoms.